The SMILES string of the molecule is C[C@H](OC(=O)c1ccc(Cl)cc1N)/C(O)=C(\C#N)c1nc2ccccc2[nH]1. The molecule has 4 N–H and O–H groups in total. The van der Waals surface area contributed by atoms with Gasteiger partial charge in [0.2, 0.25) is 0 Å². The average Bonchev–Trinajstić information content (AvgIpc) is 3.05. The molecule has 0 aliphatic heterocycles. The molecule has 0 bridgehead atoms. The van der Waals surface area contributed by atoms with Crippen LogP contribution in [0.25, 0.3) is 16.6 Å². The van der Waals surface area contributed by atoms with Crippen molar-refractivity contribution in [2.75, 3.05) is 5.73 Å². The van der Waals surface area contributed by atoms with Crippen molar-refractivity contribution < 1.29 is 14.6 Å². The normalized spacial score (nSPS) is 12.9. The first-order valence-electron chi connectivity index (χ1n) is 7.95. The molecule has 1 heterocycles. The Bertz CT molecular complexity index is 1060. The summed E-state index contributed by atoms with van der Waals surface area (Å²) in [7, 11) is 0. The second-order valence-electron chi connectivity index (χ2n) is 5.75. The first kappa shape index (κ1) is 18.3. The van der Waals surface area contributed by atoms with E-state index < -0.39 is 17.8 Å². The van der Waals surface area contributed by atoms with Gasteiger partial charge >= 0.3 is 5.97 Å². The number of H-pyrrole nitrogens is 1. The molecule has 3 aromatic rings. The van der Waals surface area contributed by atoms with Gasteiger partial charge in [0.25, 0.3) is 0 Å². The Morgan fingerprint density at radius 3 is 2.78 bits per heavy atom. The van der Waals surface area contributed by atoms with Crippen LogP contribution in [0.3, 0.4) is 0 Å². The summed E-state index contributed by atoms with van der Waals surface area (Å²) in [6.07, 6.45) is -1.09. The number of halogens is 1. The molecule has 7 nitrogen and oxygen atoms in total. The van der Waals surface area contributed by atoms with Gasteiger partial charge in [0, 0.05) is 10.7 Å². The molecule has 0 aliphatic carbocycles. The Balaban J connectivity index is 1.88. The molecule has 0 spiro atoms. The number of fused-ring (bicyclic) bond motifs is 1. The summed E-state index contributed by atoms with van der Waals surface area (Å²) in [6.45, 7) is 1.44. The molecule has 0 saturated carbocycles. The van der Waals surface area contributed by atoms with E-state index >= 15 is 0 Å². The number of para-hydroxylation sites is 2. The van der Waals surface area contributed by atoms with E-state index in [0.29, 0.717) is 16.1 Å². The molecule has 0 fully saturated rings. The maximum atomic E-state index is 12.3. The zero-order valence-corrected chi connectivity index (χ0v) is 15.0. The van der Waals surface area contributed by atoms with E-state index in [9.17, 15) is 15.2 Å². The number of imidazole rings is 1. The fourth-order valence-corrected chi connectivity index (χ4v) is 2.69. The number of nitrogens with one attached hydrogen (secondary N) is 1. The Morgan fingerprint density at radius 2 is 2.11 bits per heavy atom. The number of hydrogen-bond donors (Lipinski definition) is 3. The third kappa shape index (κ3) is 3.71. The van der Waals surface area contributed by atoms with Crippen LogP contribution < -0.4 is 5.73 Å². The number of nitrogens with two attached hydrogens (primary N) is 1. The number of esters is 1. The molecule has 0 aliphatic rings. The average molecular weight is 383 g/mol. The molecule has 0 unspecified atom stereocenters. The number of rotatable bonds is 4. The minimum Gasteiger partial charge on any atom is -0.507 e. The Labute approximate surface area is 159 Å². The van der Waals surface area contributed by atoms with Crippen molar-refractivity contribution in [3.8, 4) is 6.07 Å². The summed E-state index contributed by atoms with van der Waals surface area (Å²) in [4.78, 5) is 19.5. The predicted molar refractivity (Wildman–Crippen MR) is 102 cm³/mol. The van der Waals surface area contributed by atoms with E-state index in [0.717, 1.165) is 0 Å². The third-order valence-corrected chi connectivity index (χ3v) is 4.13. The highest BCUT2D eigenvalue weighted by Crippen LogP contribution is 2.23. The van der Waals surface area contributed by atoms with Gasteiger partial charge in [-0.05, 0) is 37.3 Å². The van der Waals surface area contributed by atoms with Crippen molar-refractivity contribution >= 4 is 39.9 Å². The molecular weight excluding hydrogens is 368 g/mol. The lowest BCUT2D eigenvalue weighted by Gasteiger charge is -2.14. The lowest BCUT2D eigenvalue weighted by molar-refractivity contribution is 0.0335. The number of allylic oxidation sites excluding steroid dienone is 1. The second kappa shape index (κ2) is 7.40. The van der Waals surface area contributed by atoms with Gasteiger partial charge in [0.05, 0.1) is 16.6 Å². The highest BCUT2D eigenvalue weighted by molar-refractivity contribution is 6.31. The van der Waals surface area contributed by atoms with Gasteiger partial charge in [0.1, 0.15) is 11.6 Å². The van der Waals surface area contributed by atoms with E-state index in [1.807, 2.05) is 18.2 Å². The van der Waals surface area contributed by atoms with Crippen LogP contribution in [-0.2, 0) is 4.74 Å². The zero-order chi connectivity index (χ0) is 19.6. The highest BCUT2D eigenvalue weighted by atomic mass is 35.5. The van der Waals surface area contributed by atoms with Gasteiger partial charge in [-0.15, -0.1) is 0 Å². The number of anilines is 1. The maximum absolute atomic E-state index is 12.3. The van der Waals surface area contributed by atoms with E-state index in [1.54, 1.807) is 12.1 Å². The van der Waals surface area contributed by atoms with Gasteiger partial charge in [-0.25, -0.2) is 9.78 Å². The van der Waals surface area contributed by atoms with Crippen LogP contribution in [0.1, 0.15) is 23.1 Å². The topological polar surface area (TPSA) is 125 Å². The Kier molecular flexibility index (Phi) is 5.01. The molecule has 0 amide bonds. The van der Waals surface area contributed by atoms with Crippen LogP contribution in [-0.4, -0.2) is 27.1 Å². The first-order valence-corrected chi connectivity index (χ1v) is 8.33. The fourth-order valence-electron chi connectivity index (χ4n) is 2.51. The van der Waals surface area contributed by atoms with Crippen molar-refractivity contribution in [2.45, 2.75) is 13.0 Å². The fraction of sp³-hybridized carbons (Fsp3) is 0.105. The van der Waals surface area contributed by atoms with Crippen LogP contribution in [0.2, 0.25) is 5.02 Å². The molecule has 3 rings (SSSR count). The number of aromatic nitrogens is 2. The van der Waals surface area contributed by atoms with E-state index in [-0.39, 0.29) is 22.6 Å². The van der Waals surface area contributed by atoms with Gasteiger partial charge in [0.15, 0.2) is 17.7 Å². The molecule has 27 heavy (non-hydrogen) atoms. The van der Waals surface area contributed by atoms with Crippen LogP contribution in [0.5, 0.6) is 0 Å². The van der Waals surface area contributed by atoms with Crippen molar-refractivity contribution in [3.05, 3.63) is 64.6 Å². The van der Waals surface area contributed by atoms with E-state index in [4.69, 9.17) is 22.1 Å². The summed E-state index contributed by atoms with van der Waals surface area (Å²) < 4.78 is 5.23. The molecule has 1 aromatic heterocycles. The summed E-state index contributed by atoms with van der Waals surface area (Å²) in [5.41, 5.74) is 7.28. The molecular formula is C19H15ClN4O3. The third-order valence-electron chi connectivity index (χ3n) is 3.90. The summed E-state index contributed by atoms with van der Waals surface area (Å²) >= 11 is 5.81. The summed E-state index contributed by atoms with van der Waals surface area (Å²) in [6, 6.07) is 13.4. The smallest absolute Gasteiger partial charge is 0.340 e. The number of nitriles is 1. The lowest BCUT2D eigenvalue weighted by Crippen LogP contribution is -2.19. The van der Waals surface area contributed by atoms with Crippen LogP contribution in [0.4, 0.5) is 5.69 Å². The van der Waals surface area contributed by atoms with Gasteiger partial charge < -0.3 is 20.6 Å². The number of nitrogens with zero attached hydrogens (tertiary/aromatic N) is 2. The number of benzene rings is 2. The van der Waals surface area contributed by atoms with Gasteiger partial charge in [-0.3, -0.25) is 0 Å². The maximum Gasteiger partial charge on any atom is 0.340 e. The number of nitrogen functional groups attached to an aromatic ring is 1. The van der Waals surface area contributed by atoms with Gasteiger partial charge in [-0.1, -0.05) is 23.7 Å². The standard InChI is InChI=1S/C19H15ClN4O3/c1-10(27-19(26)12-7-6-11(20)8-14(12)22)17(25)13(9-21)18-23-15-4-2-3-5-16(15)24-18/h2-8,10,25H,22H2,1H3,(H,23,24)/b17-13-/t10-/m0/s1. The lowest BCUT2D eigenvalue weighted by atomic mass is 10.1. The van der Waals surface area contributed by atoms with Crippen molar-refractivity contribution in [2.24, 2.45) is 0 Å². The number of carbonyl (C=O) groups excluding carboxylic acids is 1. The van der Waals surface area contributed by atoms with Crippen LogP contribution in [0.15, 0.2) is 48.2 Å². The second-order valence-corrected chi connectivity index (χ2v) is 6.19. The number of aliphatic hydroxyl groups excluding tert-OH is 1. The zero-order valence-electron chi connectivity index (χ0n) is 14.2. The molecule has 136 valence electrons. The highest BCUT2D eigenvalue weighted by Gasteiger charge is 2.22. The molecule has 2 aromatic carbocycles. The molecule has 1 atom stereocenters. The molecule has 0 saturated heterocycles. The van der Waals surface area contributed by atoms with Crippen LogP contribution >= 0.6 is 11.6 Å². The van der Waals surface area contributed by atoms with E-state index in [2.05, 4.69) is 9.97 Å². The van der Waals surface area contributed by atoms with Crippen molar-refractivity contribution in [3.63, 3.8) is 0 Å². The van der Waals surface area contributed by atoms with Crippen LogP contribution in [0, 0.1) is 11.3 Å². The number of carbonyl (C=O) groups is 1. The Morgan fingerprint density at radius 1 is 1.37 bits per heavy atom. The molecule has 8 heteroatoms. The Hall–Kier alpha value is -3.50. The summed E-state index contributed by atoms with van der Waals surface area (Å²) in [5.74, 6) is -0.979. The minimum atomic E-state index is -1.09. The minimum absolute atomic E-state index is 0.112. The quantitative estimate of drug-likeness (QED) is 0.272. The number of aromatic amines is 1. The summed E-state index contributed by atoms with van der Waals surface area (Å²) in [5, 5.41) is 20.3. The van der Waals surface area contributed by atoms with Crippen molar-refractivity contribution in [1.29, 1.82) is 5.26 Å². The predicted octanol–water partition coefficient (Wildman–Crippen LogP) is 3.84. The van der Waals surface area contributed by atoms with Gasteiger partial charge in [-0.2, -0.15) is 5.26 Å². The first-order chi connectivity index (χ1) is 12.9. The molecule has 0 radical (unpaired) electrons. The number of hydrogen-bond acceptors (Lipinski definition) is 6. The van der Waals surface area contributed by atoms with E-state index in [1.165, 1.54) is 25.1 Å². The largest absolute Gasteiger partial charge is 0.507 e. The number of ether oxygens (including phenoxy) is 1. The monoisotopic (exact) mass is 382 g/mol. The van der Waals surface area contributed by atoms with Crippen molar-refractivity contribution in [1.82, 2.24) is 9.97 Å². The number of aliphatic hydroxyl groups is 1.